The van der Waals surface area contributed by atoms with E-state index in [2.05, 4.69) is 17.2 Å². The Labute approximate surface area is 85.4 Å². The van der Waals surface area contributed by atoms with Crippen LogP contribution in [-0.4, -0.2) is 25.5 Å². The molecule has 13 heavy (non-hydrogen) atoms. The molecule has 1 fully saturated rings. The standard InChI is InChI=1S/C9H16N2O.ClH/c1-2-5-11-9(12)8-3-6-10-7-4-8;/h2,8,10H,1,3-7H2,(H,11,12);1H. The summed E-state index contributed by atoms with van der Waals surface area (Å²) in [5.41, 5.74) is 0. The first-order chi connectivity index (χ1) is 5.84. The number of carbonyl (C=O) groups is 1. The molecule has 0 spiro atoms. The van der Waals surface area contributed by atoms with Gasteiger partial charge in [-0.2, -0.15) is 0 Å². The average molecular weight is 205 g/mol. The summed E-state index contributed by atoms with van der Waals surface area (Å²) in [6.07, 6.45) is 3.63. The van der Waals surface area contributed by atoms with Crippen molar-refractivity contribution < 1.29 is 4.79 Å². The second kappa shape index (κ2) is 6.92. The lowest BCUT2D eigenvalue weighted by Crippen LogP contribution is -2.38. The second-order valence-electron chi connectivity index (χ2n) is 3.06. The van der Waals surface area contributed by atoms with Crippen molar-refractivity contribution in [3.63, 3.8) is 0 Å². The van der Waals surface area contributed by atoms with Gasteiger partial charge in [-0.25, -0.2) is 0 Å². The lowest BCUT2D eigenvalue weighted by atomic mass is 9.97. The topological polar surface area (TPSA) is 41.1 Å². The maximum Gasteiger partial charge on any atom is 0.223 e. The molecule has 2 N–H and O–H groups in total. The Kier molecular flexibility index (Phi) is 6.63. The van der Waals surface area contributed by atoms with E-state index in [0.717, 1.165) is 25.9 Å². The van der Waals surface area contributed by atoms with Gasteiger partial charge in [0.25, 0.3) is 0 Å². The average Bonchev–Trinajstić information content (AvgIpc) is 2.15. The number of halogens is 1. The molecule has 0 bridgehead atoms. The molecule has 0 aromatic rings. The Morgan fingerprint density at radius 2 is 2.15 bits per heavy atom. The monoisotopic (exact) mass is 204 g/mol. The summed E-state index contributed by atoms with van der Waals surface area (Å²) in [5, 5.41) is 6.04. The van der Waals surface area contributed by atoms with Gasteiger partial charge in [-0.3, -0.25) is 4.79 Å². The summed E-state index contributed by atoms with van der Waals surface area (Å²) in [5.74, 6) is 0.391. The molecule has 0 aromatic carbocycles. The first-order valence-electron chi connectivity index (χ1n) is 4.44. The van der Waals surface area contributed by atoms with Crippen molar-refractivity contribution in [1.82, 2.24) is 10.6 Å². The van der Waals surface area contributed by atoms with E-state index in [1.165, 1.54) is 0 Å². The summed E-state index contributed by atoms with van der Waals surface area (Å²) in [6, 6.07) is 0. The Morgan fingerprint density at radius 3 is 2.69 bits per heavy atom. The van der Waals surface area contributed by atoms with Gasteiger partial charge in [0.15, 0.2) is 0 Å². The molecule has 0 unspecified atom stereocenters. The molecule has 0 atom stereocenters. The van der Waals surface area contributed by atoms with Gasteiger partial charge in [-0.05, 0) is 25.9 Å². The Hall–Kier alpha value is -0.540. The van der Waals surface area contributed by atoms with Crippen molar-refractivity contribution in [2.24, 2.45) is 5.92 Å². The Balaban J connectivity index is 0.00000144. The third-order valence-corrected chi connectivity index (χ3v) is 2.13. The number of carbonyl (C=O) groups excluding carboxylic acids is 1. The van der Waals surface area contributed by atoms with E-state index in [-0.39, 0.29) is 24.2 Å². The summed E-state index contributed by atoms with van der Waals surface area (Å²) in [7, 11) is 0. The van der Waals surface area contributed by atoms with Crippen LogP contribution in [0.5, 0.6) is 0 Å². The molecule has 1 heterocycles. The summed E-state index contributed by atoms with van der Waals surface area (Å²) in [6.45, 7) is 6.07. The molecule has 0 radical (unpaired) electrons. The van der Waals surface area contributed by atoms with E-state index in [9.17, 15) is 4.79 Å². The van der Waals surface area contributed by atoms with E-state index < -0.39 is 0 Å². The number of rotatable bonds is 3. The molecular weight excluding hydrogens is 188 g/mol. The van der Waals surface area contributed by atoms with E-state index in [1.807, 2.05) is 0 Å². The zero-order chi connectivity index (χ0) is 8.81. The summed E-state index contributed by atoms with van der Waals surface area (Å²) >= 11 is 0. The van der Waals surface area contributed by atoms with Crippen LogP contribution in [0.15, 0.2) is 12.7 Å². The highest BCUT2D eigenvalue weighted by atomic mass is 35.5. The number of hydrogen-bond donors (Lipinski definition) is 2. The fourth-order valence-electron chi connectivity index (χ4n) is 1.40. The molecule has 76 valence electrons. The molecule has 4 heteroatoms. The maximum absolute atomic E-state index is 11.4. The molecule has 1 aliphatic heterocycles. The van der Waals surface area contributed by atoms with Crippen molar-refractivity contribution in [2.75, 3.05) is 19.6 Å². The first kappa shape index (κ1) is 12.5. The van der Waals surface area contributed by atoms with Crippen molar-refractivity contribution in [3.8, 4) is 0 Å². The van der Waals surface area contributed by atoms with Crippen molar-refractivity contribution in [3.05, 3.63) is 12.7 Å². The van der Waals surface area contributed by atoms with Gasteiger partial charge in [-0.15, -0.1) is 19.0 Å². The van der Waals surface area contributed by atoms with E-state index >= 15 is 0 Å². The Bertz CT molecular complexity index is 167. The number of nitrogens with one attached hydrogen (secondary N) is 2. The van der Waals surface area contributed by atoms with Crippen LogP contribution in [0.4, 0.5) is 0 Å². The smallest absolute Gasteiger partial charge is 0.223 e. The summed E-state index contributed by atoms with van der Waals surface area (Å²) < 4.78 is 0. The highest BCUT2D eigenvalue weighted by molar-refractivity contribution is 5.85. The van der Waals surface area contributed by atoms with Crippen LogP contribution in [0.25, 0.3) is 0 Å². The predicted molar refractivity (Wildman–Crippen MR) is 56.0 cm³/mol. The molecule has 0 saturated carbocycles. The minimum Gasteiger partial charge on any atom is -0.352 e. The van der Waals surface area contributed by atoms with Gasteiger partial charge in [0.2, 0.25) is 5.91 Å². The third kappa shape index (κ3) is 4.29. The first-order valence-corrected chi connectivity index (χ1v) is 4.44. The molecule has 1 amide bonds. The van der Waals surface area contributed by atoms with Crippen LogP contribution in [0.2, 0.25) is 0 Å². The zero-order valence-electron chi connectivity index (χ0n) is 7.71. The number of hydrogen-bond acceptors (Lipinski definition) is 2. The van der Waals surface area contributed by atoms with E-state index in [0.29, 0.717) is 6.54 Å². The largest absolute Gasteiger partial charge is 0.352 e. The van der Waals surface area contributed by atoms with E-state index in [4.69, 9.17) is 0 Å². The van der Waals surface area contributed by atoms with Gasteiger partial charge in [0, 0.05) is 12.5 Å². The lowest BCUT2D eigenvalue weighted by Gasteiger charge is -2.21. The molecular formula is C9H17ClN2O. The highest BCUT2D eigenvalue weighted by Gasteiger charge is 2.19. The van der Waals surface area contributed by atoms with Crippen LogP contribution in [0, 0.1) is 5.92 Å². The van der Waals surface area contributed by atoms with Crippen molar-refractivity contribution >= 4 is 18.3 Å². The van der Waals surface area contributed by atoms with Crippen LogP contribution in [-0.2, 0) is 4.79 Å². The normalized spacial score (nSPS) is 17.2. The number of amides is 1. The van der Waals surface area contributed by atoms with Gasteiger partial charge < -0.3 is 10.6 Å². The van der Waals surface area contributed by atoms with Crippen LogP contribution in [0.1, 0.15) is 12.8 Å². The fraction of sp³-hybridized carbons (Fsp3) is 0.667. The Morgan fingerprint density at radius 1 is 1.54 bits per heavy atom. The van der Waals surface area contributed by atoms with Crippen LogP contribution in [0.3, 0.4) is 0 Å². The van der Waals surface area contributed by atoms with Gasteiger partial charge >= 0.3 is 0 Å². The predicted octanol–water partition coefficient (Wildman–Crippen LogP) is 0.710. The third-order valence-electron chi connectivity index (χ3n) is 2.13. The van der Waals surface area contributed by atoms with Crippen molar-refractivity contribution in [2.45, 2.75) is 12.8 Å². The van der Waals surface area contributed by atoms with Crippen LogP contribution < -0.4 is 10.6 Å². The minimum absolute atomic E-state index is 0. The molecule has 0 aliphatic carbocycles. The quantitative estimate of drug-likeness (QED) is 0.665. The van der Waals surface area contributed by atoms with Gasteiger partial charge in [0.1, 0.15) is 0 Å². The molecule has 1 aliphatic rings. The van der Waals surface area contributed by atoms with Gasteiger partial charge in [-0.1, -0.05) is 6.08 Å². The maximum atomic E-state index is 11.4. The van der Waals surface area contributed by atoms with Crippen molar-refractivity contribution in [1.29, 1.82) is 0 Å². The van der Waals surface area contributed by atoms with E-state index in [1.54, 1.807) is 6.08 Å². The zero-order valence-corrected chi connectivity index (χ0v) is 8.53. The fourth-order valence-corrected chi connectivity index (χ4v) is 1.40. The molecule has 1 saturated heterocycles. The SMILES string of the molecule is C=CCNC(=O)C1CCNCC1.Cl. The molecule has 1 rings (SSSR count). The minimum atomic E-state index is 0. The van der Waals surface area contributed by atoms with Crippen LogP contribution >= 0.6 is 12.4 Å². The highest BCUT2D eigenvalue weighted by Crippen LogP contribution is 2.10. The second-order valence-corrected chi connectivity index (χ2v) is 3.06. The lowest BCUT2D eigenvalue weighted by molar-refractivity contribution is -0.125. The van der Waals surface area contributed by atoms with Gasteiger partial charge in [0.05, 0.1) is 0 Å². The summed E-state index contributed by atoms with van der Waals surface area (Å²) in [4.78, 5) is 11.4. The molecule has 3 nitrogen and oxygen atoms in total. The number of piperidine rings is 1. The molecule has 0 aromatic heterocycles.